The molecule has 0 fully saturated rings. The number of ether oxygens (including phenoxy) is 1. The predicted molar refractivity (Wildman–Crippen MR) is 73.7 cm³/mol. The van der Waals surface area contributed by atoms with Crippen molar-refractivity contribution in [3.8, 4) is 5.75 Å². The Labute approximate surface area is 105 Å². The SMILES string of the molecule is CCNC(CC)CCCOc1cccc(C)c1. The molecule has 1 rings (SSSR count). The van der Waals surface area contributed by atoms with E-state index in [1.807, 2.05) is 12.1 Å². The maximum absolute atomic E-state index is 5.73. The molecule has 17 heavy (non-hydrogen) atoms. The molecule has 0 aromatic heterocycles. The van der Waals surface area contributed by atoms with Crippen molar-refractivity contribution in [1.29, 1.82) is 0 Å². The van der Waals surface area contributed by atoms with Gasteiger partial charge in [-0.3, -0.25) is 0 Å². The van der Waals surface area contributed by atoms with Crippen LogP contribution in [0.5, 0.6) is 5.75 Å². The zero-order valence-electron chi connectivity index (χ0n) is 11.3. The Kier molecular flexibility index (Phi) is 6.71. The standard InChI is InChI=1S/C15H25NO/c1-4-14(16-5-2)9-7-11-17-15-10-6-8-13(3)12-15/h6,8,10,12,14,16H,4-5,7,9,11H2,1-3H3. The van der Waals surface area contributed by atoms with Crippen molar-refractivity contribution >= 4 is 0 Å². The molecular formula is C15H25NO. The minimum atomic E-state index is 0.640. The molecule has 0 saturated heterocycles. The quantitative estimate of drug-likeness (QED) is 0.696. The Morgan fingerprint density at radius 1 is 1.29 bits per heavy atom. The largest absolute Gasteiger partial charge is 0.494 e. The van der Waals surface area contributed by atoms with Crippen LogP contribution in [0.15, 0.2) is 24.3 Å². The summed E-state index contributed by atoms with van der Waals surface area (Å²) in [5.41, 5.74) is 1.25. The smallest absolute Gasteiger partial charge is 0.119 e. The van der Waals surface area contributed by atoms with Crippen LogP contribution in [0, 0.1) is 6.92 Å². The minimum Gasteiger partial charge on any atom is -0.494 e. The summed E-state index contributed by atoms with van der Waals surface area (Å²) in [5.74, 6) is 0.987. The van der Waals surface area contributed by atoms with E-state index in [1.54, 1.807) is 0 Å². The highest BCUT2D eigenvalue weighted by molar-refractivity contribution is 5.27. The van der Waals surface area contributed by atoms with Gasteiger partial charge >= 0.3 is 0 Å². The maximum atomic E-state index is 5.73. The molecule has 96 valence electrons. The van der Waals surface area contributed by atoms with Crippen molar-refractivity contribution in [2.45, 2.75) is 46.1 Å². The summed E-state index contributed by atoms with van der Waals surface area (Å²) in [7, 11) is 0. The lowest BCUT2D eigenvalue weighted by molar-refractivity contribution is 0.295. The van der Waals surface area contributed by atoms with Gasteiger partial charge in [0.15, 0.2) is 0 Å². The first-order chi connectivity index (χ1) is 8.26. The van der Waals surface area contributed by atoms with Gasteiger partial charge in [-0.25, -0.2) is 0 Å². The minimum absolute atomic E-state index is 0.640. The number of hydrogen-bond donors (Lipinski definition) is 1. The van der Waals surface area contributed by atoms with E-state index in [2.05, 4.69) is 38.2 Å². The summed E-state index contributed by atoms with van der Waals surface area (Å²) in [4.78, 5) is 0. The normalized spacial score (nSPS) is 12.4. The van der Waals surface area contributed by atoms with Gasteiger partial charge in [0.05, 0.1) is 6.61 Å². The molecule has 0 heterocycles. The second kappa shape index (κ2) is 8.13. The average molecular weight is 235 g/mol. The molecule has 0 amide bonds. The van der Waals surface area contributed by atoms with Gasteiger partial charge in [0.25, 0.3) is 0 Å². The number of nitrogens with one attached hydrogen (secondary N) is 1. The first kappa shape index (κ1) is 14.0. The van der Waals surface area contributed by atoms with E-state index in [1.165, 1.54) is 18.4 Å². The van der Waals surface area contributed by atoms with E-state index in [4.69, 9.17) is 4.74 Å². The molecule has 1 aromatic carbocycles. The third-order valence-electron chi connectivity index (χ3n) is 2.94. The van der Waals surface area contributed by atoms with Crippen molar-refractivity contribution < 1.29 is 4.74 Å². The molecular weight excluding hydrogens is 210 g/mol. The zero-order chi connectivity index (χ0) is 12.5. The van der Waals surface area contributed by atoms with Gasteiger partial charge in [0, 0.05) is 6.04 Å². The van der Waals surface area contributed by atoms with E-state index in [0.29, 0.717) is 6.04 Å². The molecule has 0 saturated carbocycles. The lowest BCUT2D eigenvalue weighted by Gasteiger charge is -2.15. The lowest BCUT2D eigenvalue weighted by atomic mass is 10.1. The molecule has 0 radical (unpaired) electrons. The Morgan fingerprint density at radius 3 is 2.76 bits per heavy atom. The highest BCUT2D eigenvalue weighted by Gasteiger charge is 2.03. The van der Waals surface area contributed by atoms with Crippen molar-refractivity contribution in [2.24, 2.45) is 0 Å². The van der Waals surface area contributed by atoms with Crippen molar-refractivity contribution in [2.75, 3.05) is 13.2 Å². The van der Waals surface area contributed by atoms with Crippen molar-refractivity contribution in [3.63, 3.8) is 0 Å². The fourth-order valence-electron chi connectivity index (χ4n) is 1.96. The van der Waals surface area contributed by atoms with Crippen LogP contribution < -0.4 is 10.1 Å². The number of hydrogen-bond acceptors (Lipinski definition) is 2. The Morgan fingerprint density at radius 2 is 2.12 bits per heavy atom. The van der Waals surface area contributed by atoms with E-state index in [9.17, 15) is 0 Å². The van der Waals surface area contributed by atoms with E-state index >= 15 is 0 Å². The highest BCUT2D eigenvalue weighted by atomic mass is 16.5. The van der Waals surface area contributed by atoms with E-state index in [-0.39, 0.29) is 0 Å². The predicted octanol–water partition coefficient (Wildman–Crippen LogP) is 3.54. The molecule has 2 heteroatoms. The molecule has 0 aliphatic rings. The summed E-state index contributed by atoms with van der Waals surface area (Å²) in [6.07, 6.45) is 3.49. The van der Waals surface area contributed by atoms with Crippen molar-refractivity contribution in [3.05, 3.63) is 29.8 Å². The Balaban J connectivity index is 2.19. The molecule has 0 spiro atoms. The third-order valence-corrected chi connectivity index (χ3v) is 2.94. The van der Waals surface area contributed by atoms with Crippen LogP contribution in [-0.2, 0) is 0 Å². The summed E-state index contributed by atoms with van der Waals surface area (Å²) < 4.78 is 5.73. The van der Waals surface area contributed by atoms with E-state index < -0.39 is 0 Å². The van der Waals surface area contributed by atoms with Crippen LogP contribution in [-0.4, -0.2) is 19.2 Å². The lowest BCUT2D eigenvalue weighted by Crippen LogP contribution is -2.28. The van der Waals surface area contributed by atoms with Crippen LogP contribution in [0.25, 0.3) is 0 Å². The van der Waals surface area contributed by atoms with Crippen LogP contribution in [0.4, 0.5) is 0 Å². The van der Waals surface area contributed by atoms with Crippen molar-refractivity contribution in [1.82, 2.24) is 5.32 Å². The van der Waals surface area contributed by atoms with Gasteiger partial charge in [-0.15, -0.1) is 0 Å². The van der Waals surface area contributed by atoms with Gasteiger partial charge in [0.2, 0.25) is 0 Å². The molecule has 0 bridgehead atoms. The molecule has 0 aliphatic carbocycles. The first-order valence-electron chi connectivity index (χ1n) is 6.69. The molecule has 0 aliphatic heterocycles. The monoisotopic (exact) mass is 235 g/mol. The summed E-state index contributed by atoms with van der Waals surface area (Å²) >= 11 is 0. The van der Waals surface area contributed by atoms with Crippen LogP contribution in [0.1, 0.15) is 38.7 Å². The molecule has 1 atom stereocenters. The van der Waals surface area contributed by atoms with Gasteiger partial charge < -0.3 is 10.1 Å². The number of aryl methyl sites for hydroxylation is 1. The second-order valence-electron chi connectivity index (χ2n) is 4.47. The molecule has 1 unspecified atom stereocenters. The van der Waals surface area contributed by atoms with Gasteiger partial charge in [-0.05, 0) is 50.4 Å². The summed E-state index contributed by atoms with van der Waals surface area (Å²) in [6, 6.07) is 8.88. The topological polar surface area (TPSA) is 21.3 Å². The second-order valence-corrected chi connectivity index (χ2v) is 4.47. The fourth-order valence-corrected chi connectivity index (χ4v) is 1.96. The number of benzene rings is 1. The highest BCUT2D eigenvalue weighted by Crippen LogP contribution is 2.13. The third kappa shape index (κ3) is 5.73. The molecule has 1 N–H and O–H groups in total. The zero-order valence-corrected chi connectivity index (χ0v) is 11.3. The Bertz CT molecular complexity index is 312. The first-order valence-corrected chi connectivity index (χ1v) is 6.69. The fraction of sp³-hybridized carbons (Fsp3) is 0.600. The molecule has 1 aromatic rings. The summed E-state index contributed by atoms with van der Waals surface area (Å²) in [5, 5.41) is 3.48. The number of rotatable bonds is 8. The maximum Gasteiger partial charge on any atom is 0.119 e. The Hall–Kier alpha value is -1.02. The van der Waals surface area contributed by atoms with E-state index in [0.717, 1.165) is 25.3 Å². The summed E-state index contributed by atoms with van der Waals surface area (Å²) in [6.45, 7) is 8.34. The average Bonchev–Trinajstić information content (AvgIpc) is 2.33. The van der Waals surface area contributed by atoms with Gasteiger partial charge in [-0.1, -0.05) is 26.0 Å². The van der Waals surface area contributed by atoms with Crippen LogP contribution >= 0.6 is 0 Å². The van der Waals surface area contributed by atoms with Crippen LogP contribution in [0.3, 0.4) is 0 Å². The van der Waals surface area contributed by atoms with Gasteiger partial charge in [-0.2, -0.15) is 0 Å². The molecule has 2 nitrogen and oxygen atoms in total. The van der Waals surface area contributed by atoms with Crippen LogP contribution in [0.2, 0.25) is 0 Å². The van der Waals surface area contributed by atoms with Gasteiger partial charge in [0.1, 0.15) is 5.75 Å².